The predicted molar refractivity (Wildman–Crippen MR) is 104 cm³/mol. The lowest BCUT2D eigenvalue weighted by Crippen LogP contribution is -2.51. The van der Waals surface area contributed by atoms with Crippen molar-refractivity contribution in [2.45, 2.75) is 32.9 Å². The number of benzene rings is 1. The van der Waals surface area contributed by atoms with Crippen LogP contribution in [0.3, 0.4) is 0 Å². The van der Waals surface area contributed by atoms with Crippen LogP contribution in [-0.4, -0.2) is 58.1 Å². The molecule has 1 aliphatic rings. The third-order valence-electron chi connectivity index (χ3n) is 4.46. The lowest BCUT2D eigenvalue weighted by Gasteiger charge is -2.35. The Morgan fingerprint density at radius 2 is 1.56 bits per heavy atom. The van der Waals surface area contributed by atoms with E-state index in [-0.39, 0.29) is 12.0 Å². The van der Waals surface area contributed by atoms with Crippen molar-refractivity contribution in [1.29, 1.82) is 0 Å². The summed E-state index contributed by atoms with van der Waals surface area (Å²) >= 11 is 0. The summed E-state index contributed by atoms with van der Waals surface area (Å²) in [6, 6.07) is 13.8. The maximum absolute atomic E-state index is 12.9. The fourth-order valence-electron chi connectivity index (χ4n) is 3.11. The molecule has 2 heterocycles. The molecule has 0 unspecified atom stereocenters. The zero-order valence-corrected chi connectivity index (χ0v) is 16.2. The van der Waals surface area contributed by atoms with E-state index in [9.17, 15) is 9.59 Å². The van der Waals surface area contributed by atoms with E-state index in [0.29, 0.717) is 38.4 Å². The molecule has 6 nitrogen and oxygen atoms in total. The fourth-order valence-corrected chi connectivity index (χ4v) is 3.11. The Hall–Kier alpha value is -2.76. The number of aromatic nitrogens is 1. The molecule has 144 valence electrons. The van der Waals surface area contributed by atoms with Gasteiger partial charge < -0.3 is 19.1 Å². The van der Waals surface area contributed by atoms with Gasteiger partial charge in [-0.15, -0.1) is 0 Å². The minimum Gasteiger partial charge on any atom is -0.444 e. The van der Waals surface area contributed by atoms with Crippen LogP contribution in [0, 0.1) is 0 Å². The van der Waals surface area contributed by atoms with Gasteiger partial charge in [0.05, 0.1) is 0 Å². The topological polar surface area (TPSA) is 54.8 Å². The van der Waals surface area contributed by atoms with Crippen LogP contribution >= 0.6 is 0 Å². The van der Waals surface area contributed by atoms with Crippen LogP contribution in [0.1, 0.15) is 36.8 Å². The van der Waals surface area contributed by atoms with Crippen molar-refractivity contribution < 1.29 is 14.3 Å². The van der Waals surface area contributed by atoms with Gasteiger partial charge >= 0.3 is 6.09 Å². The van der Waals surface area contributed by atoms with E-state index < -0.39 is 5.60 Å². The highest BCUT2D eigenvalue weighted by Crippen LogP contribution is 2.15. The first-order valence-electron chi connectivity index (χ1n) is 9.30. The molecule has 0 atom stereocenters. The highest BCUT2D eigenvalue weighted by Gasteiger charge is 2.28. The van der Waals surface area contributed by atoms with E-state index in [4.69, 9.17) is 4.74 Å². The Bertz CT molecular complexity index is 785. The second kappa shape index (κ2) is 7.86. The van der Waals surface area contributed by atoms with Crippen LogP contribution in [0.2, 0.25) is 0 Å². The van der Waals surface area contributed by atoms with E-state index in [1.54, 1.807) is 9.80 Å². The summed E-state index contributed by atoms with van der Waals surface area (Å²) in [5.74, 6) is -0.000213. The first-order valence-corrected chi connectivity index (χ1v) is 9.30. The zero-order valence-electron chi connectivity index (χ0n) is 16.2. The summed E-state index contributed by atoms with van der Waals surface area (Å²) in [6.45, 7) is 8.21. The van der Waals surface area contributed by atoms with Crippen LogP contribution in [0.25, 0.3) is 0 Å². The Kier molecular flexibility index (Phi) is 5.54. The normalized spacial score (nSPS) is 14.9. The smallest absolute Gasteiger partial charge is 0.410 e. The van der Waals surface area contributed by atoms with Crippen molar-refractivity contribution in [2.75, 3.05) is 26.2 Å². The standard InChI is InChI=1S/C21H27N3O3/c1-21(2,3)27-20(26)23-14-12-22(13-15-23)19(25)18-10-7-11-24(18)16-17-8-5-4-6-9-17/h4-11H,12-16H2,1-3H3. The summed E-state index contributed by atoms with van der Waals surface area (Å²) < 4.78 is 7.38. The summed E-state index contributed by atoms with van der Waals surface area (Å²) in [6.07, 6.45) is 1.61. The summed E-state index contributed by atoms with van der Waals surface area (Å²) in [5, 5.41) is 0. The molecule has 6 heteroatoms. The number of hydrogen-bond donors (Lipinski definition) is 0. The van der Waals surface area contributed by atoms with Gasteiger partial charge in [0.1, 0.15) is 11.3 Å². The molecule has 0 aliphatic carbocycles. The highest BCUT2D eigenvalue weighted by molar-refractivity contribution is 5.93. The minimum atomic E-state index is -0.512. The van der Waals surface area contributed by atoms with Crippen molar-refractivity contribution in [2.24, 2.45) is 0 Å². The lowest BCUT2D eigenvalue weighted by atomic mass is 10.2. The first kappa shape index (κ1) is 19.0. The quantitative estimate of drug-likeness (QED) is 0.835. The number of nitrogens with zero attached hydrogens (tertiary/aromatic N) is 3. The zero-order chi connectivity index (χ0) is 19.4. The molecule has 1 aromatic heterocycles. The van der Waals surface area contributed by atoms with Crippen molar-refractivity contribution in [1.82, 2.24) is 14.4 Å². The van der Waals surface area contributed by atoms with Gasteiger partial charge in [0, 0.05) is 38.9 Å². The van der Waals surface area contributed by atoms with E-state index in [1.807, 2.05) is 74.0 Å². The van der Waals surface area contributed by atoms with Crippen molar-refractivity contribution in [3.63, 3.8) is 0 Å². The first-order chi connectivity index (χ1) is 12.8. The lowest BCUT2D eigenvalue weighted by molar-refractivity contribution is 0.0139. The average molecular weight is 369 g/mol. The Morgan fingerprint density at radius 1 is 0.926 bits per heavy atom. The number of ether oxygens (including phenoxy) is 1. The molecule has 3 rings (SSSR count). The molecule has 2 amide bonds. The number of carbonyl (C=O) groups is 2. The van der Waals surface area contributed by atoms with Gasteiger partial charge in [-0.05, 0) is 38.5 Å². The summed E-state index contributed by atoms with van der Waals surface area (Å²) in [7, 11) is 0. The summed E-state index contributed by atoms with van der Waals surface area (Å²) in [4.78, 5) is 28.6. The Balaban J connectivity index is 1.60. The SMILES string of the molecule is CC(C)(C)OC(=O)N1CCN(C(=O)c2cccn2Cc2ccccc2)CC1. The molecule has 2 aromatic rings. The number of rotatable bonds is 3. The second-order valence-corrected chi connectivity index (χ2v) is 7.77. The van der Waals surface area contributed by atoms with Gasteiger partial charge in [-0.1, -0.05) is 30.3 Å². The molecule has 0 saturated carbocycles. The van der Waals surface area contributed by atoms with Crippen LogP contribution in [0.5, 0.6) is 0 Å². The molecule has 0 spiro atoms. The predicted octanol–water partition coefficient (Wildman–Crippen LogP) is 3.23. The van der Waals surface area contributed by atoms with Gasteiger partial charge in [0.2, 0.25) is 0 Å². The summed E-state index contributed by atoms with van der Waals surface area (Å²) in [5.41, 5.74) is 1.31. The number of carbonyl (C=O) groups excluding carboxylic acids is 2. The van der Waals surface area contributed by atoms with E-state index in [1.165, 1.54) is 0 Å². The molecule has 0 radical (unpaired) electrons. The van der Waals surface area contributed by atoms with Gasteiger partial charge in [-0.3, -0.25) is 4.79 Å². The number of piperazine rings is 1. The van der Waals surface area contributed by atoms with Crippen molar-refractivity contribution >= 4 is 12.0 Å². The minimum absolute atomic E-state index is 0.000213. The number of hydrogen-bond acceptors (Lipinski definition) is 3. The average Bonchev–Trinajstić information content (AvgIpc) is 3.09. The highest BCUT2D eigenvalue weighted by atomic mass is 16.6. The molecule has 27 heavy (non-hydrogen) atoms. The van der Waals surface area contributed by atoms with Gasteiger partial charge in [0.15, 0.2) is 0 Å². The van der Waals surface area contributed by atoms with Gasteiger partial charge in [-0.25, -0.2) is 4.79 Å². The molecule has 0 bridgehead atoms. The molecule has 1 fully saturated rings. The van der Waals surface area contributed by atoms with Gasteiger partial charge in [0.25, 0.3) is 5.91 Å². The largest absolute Gasteiger partial charge is 0.444 e. The van der Waals surface area contributed by atoms with Crippen LogP contribution in [0.15, 0.2) is 48.7 Å². The van der Waals surface area contributed by atoms with Crippen LogP contribution in [-0.2, 0) is 11.3 Å². The fraction of sp³-hybridized carbons (Fsp3) is 0.429. The van der Waals surface area contributed by atoms with Crippen LogP contribution in [0.4, 0.5) is 4.79 Å². The molecule has 0 N–H and O–H groups in total. The third-order valence-corrected chi connectivity index (χ3v) is 4.46. The van der Waals surface area contributed by atoms with E-state index in [2.05, 4.69) is 0 Å². The molecule has 1 aliphatic heterocycles. The second-order valence-electron chi connectivity index (χ2n) is 7.77. The number of amides is 2. The third kappa shape index (κ3) is 4.90. The maximum Gasteiger partial charge on any atom is 0.410 e. The Morgan fingerprint density at radius 3 is 2.19 bits per heavy atom. The van der Waals surface area contributed by atoms with Crippen LogP contribution < -0.4 is 0 Å². The van der Waals surface area contributed by atoms with Crippen molar-refractivity contribution in [3.8, 4) is 0 Å². The monoisotopic (exact) mass is 369 g/mol. The molecule has 1 aromatic carbocycles. The molecule has 1 saturated heterocycles. The Labute approximate surface area is 160 Å². The van der Waals surface area contributed by atoms with E-state index >= 15 is 0 Å². The molecular formula is C21H27N3O3. The maximum atomic E-state index is 12.9. The van der Waals surface area contributed by atoms with E-state index in [0.717, 1.165) is 5.56 Å². The van der Waals surface area contributed by atoms with Crippen molar-refractivity contribution in [3.05, 3.63) is 59.9 Å². The molecular weight excluding hydrogens is 342 g/mol. The van der Waals surface area contributed by atoms with Gasteiger partial charge in [-0.2, -0.15) is 0 Å².